The van der Waals surface area contributed by atoms with E-state index in [4.69, 9.17) is 5.11 Å². The van der Waals surface area contributed by atoms with Gasteiger partial charge >= 0.3 is 12.0 Å². The lowest BCUT2D eigenvalue weighted by molar-refractivity contribution is -0.147. The molecule has 0 aromatic carbocycles. The topological polar surface area (TPSA) is 87.5 Å². The van der Waals surface area contributed by atoms with Crippen molar-refractivity contribution in [2.24, 2.45) is 0 Å². The minimum absolute atomic E-state index is 0.325. The highest BCUT2D eigenvalue weighted by molar-refractivity contribution is 5.85. The zero-order valence-corrected chi connectivity index (χ0v) is 12.4. The molecule has 0 fully saturated rings. The highest BCUT2D eigenvalue weighted by Gasteiger charge is 2.36. The van der Waals surface area contributed by atoms with Gasteiger partial charge in [0.1, 0.15) is 5.54 Å². The maximum Gasteiger partial charge on any atom is 0.329 e. The van der Waals surface area contributed by atoms with Crippen LogP contribution in [0.3, 0.4) is 0 Å². The van der Waals surface area contributed by atoms with Crippen LogP contribution in [0.25, 0.3) is 0 Å². The van der Waals surface area contributed by atoms with Gasteiger partial charge in [0, 0.05) is 19.3 Å². The van der Waals surface area contributed by atoms with Crippen molar-refractivity contribution < 1.29 is 14.7 Å². The molecule has 1 heterocycles. The van der Waals surface area contributed by atoms with Crippen LogP contribution in [-0.4, -0.2) is 50.4 Å². The number of hydrogen-bond donors (Lipinski definition) is 2. The van der Waals surface area contributed by atoms with Crippen LogP contribution in [0.5, 0.6) is 0 Å². The molecule has 0 aliphatic rings. The Labute approximate surface area is 118 Å². The minimum Gasteiger partial charge on any atom is -0.480 e. The van der Waals surface area contributed by atoms with Gasteiger partial charge in [0.2, 0.25) is 0 Å². The van der Waals surface area contributed by atoms with E-state index in [0.717, 1.165) is 5.56 Å². The Bertz CT molecular complexity index is 482. The molecule has 0 aliphatic heterocycles. The van der Waals surface area contributed by atoms with Gasteiger partial charge in [-0.2, -0.15) is 5.10 Å². The van der Waals surface area contributed by atoms with Gasteiger partial charge in [-0.3, -0.25) is 4.68 Å². The molecule has 0 atom stereocenters. The number of nitrogens with zero attached hydrogens (tertiary/aromatic N) is 3. The third-order valence-corrected chi connectivity index (χ3v) is 3.14. The number of aromatic nitrogens is 2. The first-order valence-electron chi connectivity index (χ1n) is 6.57. The van der Waals surface area contributed by atoms with Crippen molar-refractivity contribution >= 4 is 12.0 Å². The summed E-state index contributed by atoms with van der Waals surface area (Å²) in [4.78, 5) is 24.5. The second-order valence-corrected chi connectivity index (χ2v) is 5.12. The lowest BCUT2D eigenvalue weighted by Gasteiger charge is -2.34. The second-order valence-electron chi connectivity index (χ2n) is 5.12. The van der Waals surface area contributed by atoms with Gasteiger partial charge in [0.15, 0.2) is 0 Å². The molecule has 0 bridgehead atoms. The van der Waals surface area contributed by atoms with Gasteiger partial charge < -0.3 is 15.3 Å². The molecular formula is C13H22N4O3. The van der Waals surface area contributed by atoms with Gasteiger partial charge in [0.25, 0.3) is 0 Å². The predicted octanol–water partition coefficient (Wildman–Crippen LogP) is 1.09. The van der Waals surface area contributed by atoms with Crippen molar-refractivity contribution in [1.82, 2.24) is 20.0 Å². The fraction of sp³-hybridized carbons (Fsp3) is 0.615. The molecule has 0 radical (unpaired) electrons. The van der Waals surface area contributed by atoms with E-state index in [1.165, 1.54) is 18.7 Å². The van der Waals surface area contributed by atoms with Crippen molar-refractivity contribution in [1.29, 1.82) is 0 Å². The Balaban J connectivity index is 2.54. The number of carbonyl (C=O) groups is 2. The lowest BCUT2D eigenvalue weighted by atomic mass is 10.0. The maximum absolute atomic E-state index is 12.0. The van der Waals surface area contributed by atoms with Crippen molar-refractivity contribution in [3.05, 3.63) is 18.0 Å². The third kappa shape index (κ3) is 3.72. The van der Waals surface area contributed by atoms with E-state index in [9.17, 15) is 9.59 Å². The maximum atomic E-state index is 12.0. The molecule has 7 nitrogen and oxygen atoms in total. The first-order chi connectivity index (χ1) is 9.28. The summed E-state index contributed by atoms with van der Waals surface area (Å²) in [5.74, 6) is -1.03. The molecule has 7 heteroatoms. The number of likely N-dealkylation sites (N-methyl/N-ethyl adjacent to an activating group) is 1. The summed E-state index contributed by atoms with van der Waals surface area (Å²) < 4.78 is 1.73. The first kappa shape index (κ1) is 16.0. The molecular weight excluding hydrogens is 260 g/mol. The summed E-state index contributed by atoms with van der Waals surface area (Å²) in [6.07, 6.45) is 3.62. The molecule has 0 unspecified atom stereocenters. The summed E-state index contributed by atoms with van der Waals surface area (Å²) in [7, 11) is 0. The Hall–Kier alpha value is -2.05. The minimum atomic E-state index is -1.23. The number of carbonyl (C=O) groups excluding carboxylic acids is 1. The van der Waals surface area contributed by atoms with Crippen molar-refractivity contribution in [2.45, 2.75) is 39.8 Å². The van der Waals surface area contributed by atoms with Crippen molar-refractivity contribution in [3.8, 4) is 0 Å². The van der Waals surface area contributed by atoms with Gasteiger partial charge in [-0.25, -0.2) is 9.59 Å². The Kier molecular flexibility index (Phi) is 5.12. The Morgan fingerprint density at radius 1 is 1.50 bits per heavy atom. The molecule has 20 heavy (non-hydrogen) atoms. The van der Waals surface area contributed by atoms with E-state index in [1.807, 2.05) is 13.1 Å². The van der Waals surface area contributed by atoms with Crippen LogP contribution >= 0.6 is 0 Å². The molecule has 0 aliphatic carbocycles. The van der Waals surface area contributed by atoms with Crippen molar-refractivity contribution in [2.75, 3.05) is 13.1 Å². The average molecular weight is 282 g/mol. The van der Waals surface area contributed by atoms with E-state index < -0.39 is 11.5 Å². The monoisotopic (exact) mass is 282 g/mol. The van der Waals surface area contributed by atoms with E-state index in [2.05, 4.69) is 10.4 Å². The fourth-order valence-corrected chi connectivity index (χ4v) is 1.87. The number of carboxylic acids is 1. The van der Waals surface area contributed by atoms with Crippen LogP contribution in [0.4, 0.5) is 4.79 Å². The quantitative estimate of drug-likeness (QED) is 0.817. The highest BCUT2D eigenvalue weighted by Crippen LogP contribution is 2.14. The average Bonchev–Trinajstić information content (AvgIpc) is 2.75. The predicted molar refractivity (Wildman–Crippen MR) is 74.5 cm³/mol. The fourth-order valence-electron chi connectivity index (χ4n) is 1.87. The van der Waals surface area contributed by atoms with Crippen LogP contribution in [0, 0.1) is 6.92 Å². The van der Waals surface area contributed by atoms with E-state index in [0.29, 0.717) is 19.6 Å². The van der Waals surface area contributed by atoms with Gasteiger partial charge in [-0.05, 0) is 33.3 Å². The standard InChI is InChI=1S/C13H22N4O3/c1-5-17(13(3,4)11(18)19)12(20)14-6-7-16-9-10(2)8-15-16/h8-9H,5-7H2,1-4H3,(H,14,20)(H,18,19). The first-order valence-corrected chi connectivity index (χ1v) is 6.57. The molecule has 1 aromatic rings. The number of hydrogen-bond acceptors (Lipinski definition) is 3. The summed E-state index contributed by atoms with van der Waals surface area (Å²) in [5.41, 5.74) is -0.181. The Morgan fingerprint density at radius 3 is 2.60 bits per heavy atom. The number of aliphatic carboxylic acids is 1. The van der Waals surface area contributed by atoms with Gasteiger partial charge in [-0.1, -0.05) is 0 Å². The molecule has 1 aromatic heterocycles. The SMILES string of the molecule is CCN(C(=O)NCCn1cc(C)cn1)C(C)(C)C(=O)O. The number of aryl methyl sites for hydroxylation is 1. The second kappa shape index (κ2) is 6.40. The number of carboxylic acid groups (broad SMARTS) is 1. The molecule has 1 rings (SSSR count). The molecule has 2 amide bonds. The molecule has 0 spiro atoms. The summed E-state index contributed by atoms with van der Waals surface area (Å²) in [5, 5.41) is 16.0. The highest BCUT2D eigenvalue weighted by atomic mass is 16.4. The summed E-state index contributed by atoms with van der Waals surface area (Å²) >= 11 is 0. The van der Waals surface area contributed by atoms with Crippen molar-refractivity contribution in [3.63, 3.8) is 0 Å². The van der Waals surface area contributed by atoms with Crippen LogP contribution in [0.15, 0.2) is 12.4 Å². The normalized spacial score (nSPS) is 11.2. The van der Waals surface area contributed by atoms with Crippen LogP contribution in [0.1, 0.15) is 26.3 Å². The number of nitrogens with one attached hydrogen (secondary N) is 1. The third-order valence-electron chi connectivity index (χ3n) is 3.14. The van der Waals surface area contributed by atoms with Gasteiger partial charge in [0.05, 0.1) is 12.7 Å². The molecule has 112 valence electrons. The summed E-state index contributed by atoms with van der Waals surface area (Å²) in [6.45, 7) is 7.98. The number of urea groups is 1. The van der Waals surface area contributed by atoms with Crippen LogP contribution < -0.4 is 5.32 Å². The lowest BCUT2D eigenvalue weighted by Crippen LogP contribution is -2.56. The molecule has 2 N–H and O–H groups in total. The molecule has 0 saturated carbocycles. The van der Waals surface area contributed by atoms with Gasteiger partial charge in [-0.15, -0.1) is 0 Å². The number of rotatable bonds is 6. The summed E-state index contributed by atoms with van der Waals surface area (Å²) in [6, 6.07) is -0.385. The Morgan fingerprint density at radius 2 is 2.15 bits per heavy atom. The number of amides is 2. The van der Waals surface area contributed by atoms with E-state index in [-0.39, 0.29) is 6.03 Å². The largest absolute Gasteiger partial charge is 0.480 e. The zero-order valence-electron chi connectivity index (χ0n) is 12.4. The van der Waals surface area contributed by atoms with Crippen LogP contribution in [0.2, 0.25) is 0 Å². The van der Waals surface area contributed by atoms with E-state index >= 15 is 0 Å². The van der Waals surface area contributed by atoms with E-state index in [1.54, 1.807) is 17.8 Å². The molecule has 0 saturated heterocycles. The smallest absolute Gasteiger partial charge is 0.329 e. The zero-order chi connectivity index (χ0) is 15.3. The van der Waals surface area contributed by atoms with Crippen LogP contribution in [-0.2, 0) is 11.3 Å².